The zero-order valence-electron chi connectivity index (χ0n) is 9.91. The maximum Gasteiger partial charge on any atom is 0.109 e. The molecular formula is C13H17N3S. The first-order chi connectivity index (χ1) is 8.25. The van der Waals surface area contributed by atoms with Crippen LogP contribution in [0.3, 0.4) is 0 Å². The lowest BCUT2D eigenvalue weighted by Gasteiger charge is -2.10. The summed E-state index contributed by atoms with van der Waals surface area (Å²) in [5.41, 5.74) is 6.11. The summed E-state index contributed by atoms with van der Waals surface area (Å²) >= 11 is 1.79. The van der Waals surface area contributed by atoms with Crippen LogP contribution in [-0.4, -0.2) is 21.3 Å². The van der Waals surface area contributed by atoms with Crippen molar-refractivity contribution in [2.45, 2.75) is 17.4 Å². The van der Waals surface area contributed by atoms with Crippen LogP contribution in [0.4, 0.5) is 0 Å². The summed E-state index contributed by atoms with van der Waals surface area (Å²) in [5.74, 6) is 1.96. The first kappa shape index (κ1) is 12.2. The maximum atomic E-state index is 6.11. The molecule has 0 saturated heterocycles. The summed E-state index contributed by atoms with van der Waals surface area (Å²) in [5, 5.41) is 0. The number of nitrogens with zero attached hydrogens (tertiary/aromatic N) is 2. The van der Waals surface area contributed by atoms with Gasteiger partial charge in [-0.15, -0.1) is 11.8 Å². The standard InChI is InChI=1S/C13H17N3S/c1-16-8-7-15-13(16)9-11(14)10-17-12-5-3-2-4-6-12/h2-8,11H,9-10,14H2,1H3. The Kier molecular flexibility index (Phi) is 4.23. The molecular weight excluding hydrogens is 230 g/mol. The smallest absolute Gasteiger partial charge is 0.109 e. The average molecular weight is 247 g/mol. The Morgan fingerprint density at radius 2 is 2.12 bits per heavy atom. The molecule has 0 radical (unpaired) electrons. The summed E-state index contributed by atoms with van der Waals surface area (Å²) < 4.78 is 2.02. The number of aryl methyl sites for hydroxylation is 1. The zero-order chi connectivity index (χ0) is 12.1. The van der Waals surface area contributed by atoms with Crippen molar-refractivity contribution in [1.82, 2.24) is 9.55 Å². The van der Waals surface area contributed by atoms with Crippen LogP contribution in [0.15, 0.2) is 47.6 Å². The van der Waals surface area contributed by atoms with Crippen LogP contribution >= 0.6 is 11.8 Å². The van der Waals surface area contributed by atoms with Gasteiger partial charge in [0.25, 0.3) is 0 Å². The molecule has 1 aromatic carbocycles. The van der Waals surface area contributed by atoms with Crippen LogP contribution in [0, 0.1) is 0 Å². The van der Waals surface area contributed by atoms with E-state index in [9.17, 15) is 0 Å². The molecule has 1 aromatic heterocycles. The number of imidazole rings is 1. The van der Waals surface area contributed by atoms with Crippen molar-refractivity contribution in [3.8, 4) is 0 Å². The van der Waals surface area contributed by atoms with Gasteiger partial charge in [-0.3, -0.25) is 0 Å². The largest absolute Gasteiger partial charge is 0.338 e. The summed E-state index contributed by atoms with van der Waals surface area (Å²) in [6.45, 7) is 0. The topological polar surface area (TPSA) is 43.8 Å². The van der Waals surface area contributed by atoms with Crippen molar-refractivity contribution in [3.05, 3.63) is 48.5 Å². The highest BCUT2D eigenvalue weighted by molar-refractivity contribution is 7.99. The molecule has 2 N–H and O–H groups in total. The molecule has 1 heterocycles. The highest BCUT2D eigenvalue weighted by Gasteiger charge is 2.08. The highest BCUT2D eigenvalue weighted by atomic mass is 32.2. The van der Waals surface area contributed by atoms with E-state index >= 15 is 0 Å². The fraction of sp³-hybridized carbons (Fsp3) is 0.308. The van der Waals surface area contributed by atoms with E-state index in [-0.39, 0.29) is 6.04 Å². The number of benzene rings is 1. The van der Waals surface area contributed by atoms with E-state index in [4.69, 9.17) is 5.73 Å². The van der Waals surface area contributed by atoms with Gasteiger partial charge in [0.1, 0.15) is 5.82 Å². The first-order valence-electron chi connectivity index (χ1n) is 5.65. The number of hydrogen-bond donors (Lipinski definition) is 1. The molecule has 0 aliphatic carbocycles. The molecule has 1 atom stereocenters. The molecule has 0 bridgehead atoms. The number of aromatic nitrogens is 2. The molecule has 0 aliphatic heterocycles. The van der Waals surface area contributed by atoms with E-state index in [1.807, 2.05) is 42.2 Å². The van der Waals surface area contributed by atoms with Crippen LogP contribution in [0.5, 0.6) is 0 Å². The van der Waals surface area contributed by atoms with Crippen LogP contribution in [-0.2, 0) is 13.5 Å². The Hall–Kier alpha value is -1.26. The predicted octanol–water partition coefficient (Wildman–Crippen LogP) is 2.08. The van der Waals surface area contributed by atoms with E-state index in [1.165, 1.54) is 4.90 Å². The van der Waals surface area contributed by atoms with Crippen molar-refractivity contribution in [2.75, 3.05) is 5.75 Å². The van der Waals surface area contributed by atoms with Gasteiger partial charge in [0.15, 0.2) is 0 Å². The summed E-state index contributed by atoms with van der Waals surface area (Å²) in [4.78, 5) is 5.55. The Morgan fingerprint density at radius 3 is 2.76 bits per heavy atom. The Balaban J connectivity index is 1.82. The van der Waals surface area contributed by atoms with Crippen molar-refractivity contribution in [2.24, 2.45) is 12.8 Å². The van der Waals surface area contributed by atoms with Crippen LogP contribution in [0.1, 0.15) is 5.82 Å². The molecule has 2 rings (SSSR count). The Bertz CT molecular complexity index is 453. The van der Waals surface area contributed by atoms with Gasteiger partial charge in [-0.2, -0.15) is 0 Å². The molecule has 2 aromatic rings. The van der Waals surface area contributed by atoms with E-state index in [0.717, 1.165) is 18.0 Å². The number of hydrogen-bond acceptors (Lipinski definition) is 3. The van der Waals surface area contributed by atoms with Crippen molar-refractivity contribution < 1.29 is 0 Å². The summed E-state index contributed by atoms with van der Waals surface area (Å²) in [6.07, 6.45) is 4.59. The van der Waals surface area contributed by atoms with Gasteiger partial charge in [-0.25, -0.2) is 4.98 Å². The number of thioether (sulfide) groups is 1. The van der Waals surface area contributed by atoms with E-state index in [1.54, 1.807) is 11.8 Å². The predicted molar refractivity (Wildman–Crippen MR) is 72.1 cm³/mol. The highest BCUT2D eigenvalue weighted by Crippen LogP contribution is 2.18. The zero-order valence-corrected chi connectivity index (χ0v) is 10.7. The van der Waals surface area contributed by atoms with E-state index in [0.29, 0.717) is 0 Å². The van der Waals surface area contributed by atoms with Crippen LogP contribution < -0.4 is 5.73 Å². The second kappa shape index (κ2) is 5.89. The van der Waals surface area contributed by atoms with E-state index in [2.05, 4.69) is 17.1 Å². The van der Waals surface area contributed by atoms with E-state index < -0.39 is 0 Å². The van der Waals surface area contributed by atoms with Gasteiger partial charge < -0.3 is 10.3 Å². The maximum absolute atomic E-state index is 6.11. The fourth-order valence-electron chi connectivity index (χ4n) is 1.61. The minimum Gasteiger partial charge on any atom is -0.338 e. The second-order valence-electron chi connectivity index (χ2n) is 4.04. The minimum atomic E-state index is 0.140. The monoisotopic (exact) mass is 247 g/mol. The Morgan fingerprint density at radius 1 is 1.35 bits per heavy atom. The van der Waals surface area contributed by atoms with Crippen LogP contribution in [0.25, 0.3) is 0 Å². The molecule has 0 saturated carbocycles. The van der Waals surface area contributed by atoms with Gasteiger partial charge in [0, 0.05) is 42.6 Å². The lowest BCUT2D eigenvalue weighted by molar-refractivity contribution is 0.679. The molecule has 1 unspecified atom stereocenters. The average Bonchev–Trinajstić information content (AvgIpc) is 2.74. The molecule has 0 spiro atoms. The van der Waals surface area contributed by atoms with Gasteiger partial charge in [0.2, 0.25) is 0 Å². The lowest BCUT2D eigenvalue weighted by Crippen LogP contribution is -2.26. The second-order valence-corrected chi connectivity index (χ2v) is 5.14. The number of rotatable bonds is 5. The van der Waals surface area contributed by atoms with Gasteiger partial charge in [-0.05, 0) is 12.1 Å². The quantitative estimate of drug-likeness (QED) is 0.823. The third-order valence-corrected chi connectivity index (χ3v) is 3.77. The normalized spacial score (nSPS) is 12.6. The molecule has 0 aliphatic rings. The van der Waals surface area contributed by atoms with Crippen LogP contribution in [0.2, 0.25) is 0 Å². The summed E-state index contributed by atoms with van der Waals surface area (Å²) in [7, 11) is 2.00. The third kappa shape index (κ3) is 3.61. The molecule has 17 heavy (non-hydrogen) atoms. The molecule has 0 amide bonds. The van der Waals surface area contributed by atoms with Crippen molar-refractivity contribution >= 4 is 11.8 Å². The number of nitrogens with two attached hydrogens (primary N) is 1. The first-order valence-corrected chi connectivity index (χ1v) is 6.64. The third-order valence-electron chi connectivity index (χ3n) is 2.57. The van der Waals surface area contributed by atoms with Gasteiger partial charge in [0.05, 0.1) is 0 Å². The SMILES string of the molecule is Cn1ccnc1CC(N)CSc1ccccc1. The van der Waals surface area contributed by atoms with Crippen molar-refractivity contribution in [1.29, 1.82) is 0 Å². The lowest BCUT2D eigenvalue weighted by atomic mass is 10.2. The Labute approximate surface area is 106 Å². The minimum absolute atomic E-state index is 0.140. The van der Waals surface area contributed by atoms with Gasteiger partial charge >= 0.3 is 0 Å². The molecule has 90 valence electrons. The molecule has 3 nitrogen and oxygen atoms in total. The van der Waals surface area contributed by atoms with Crippen molar-refractivity contribution in [3.63, 3.8) is 0 Å². The molecule has 4 heteroatoms. The van der Waals surface area contributed by atoms with Gasteiger partial charge in [-0.1, -0.05) is 18.2 Å². The summed E-state index contributed by atoms with van der Waals surface area (Å²) in [6, 6.07) is 10.5. The molecule has 0 fully saturated rings. The fourth-order valence-corrected chi connectivity index (χ4v) is 2.48.